The Balaban J connectivity index is 0.822. The summed E-state index contributed by atoms with van der Waals surface area (Å²) in [4.78, 5) is 4.91. The number of thiophene rings is 1. The third-order valence-electron chi connectivity index (χ3n) is 17.5. The van der Waals surface area contributed by atoms with E-state index in [-0.39, 0.29) is 0 Å². The summed E-state index contributed by atoms with van der Waals surface area (Å²) in [5.41, 5.74) is 26.7. The Kier molecular flexibility index (Phi) is 8.88. The molecule has 0 saturated heterocycles. The summed E-state index contributed by atoms with van der Waals surface area (Å²) >= 11 is 1.88. The van der Waals surface area contributed by atoms with Crippen LogP contribution in [-0.4, -0.2) is 0 Å². The normalized spacial score (nSPS) is 14.4. The van der Waals surface area contributed by atoms with E-state index in [9.17, 15) is 0 Å². The quantitative estimate of drug-likeness (QED) is 0.173. The zero-order chi connectivity index (χ0) is 50.4. The summed E-state index contributed by atoms with van der Waals surface area (Å²) in [7, 11) is 0. The van der Waals surface area contributed by atoms with Crippen molar-refractivity contribution >= 4 is 65.6 Å². The zero-order valence-corrected chi connectivity index (χ0v) is 42.7. The van der Waals surface area contributed by atoms with Crippen LogP contribution in [0, 0.1) is 0 Å². The smallest absolute Gasteiger partial charge is 0.0754 e. The molecule has 0 radical (unpaired) electrons. The fourth-order valence-electron chi connectivity index (χ4n) is 14.4. The van der Waals surface area contributed by atoms with Crippen molar-refractivity contribution in [2.75, 3.05) is 9.80 Å². The lowest BCUT2D eigenvalue weighted by Crippen LogP contribution is -2.36. The van der Waals surface area contributed by atoms with Gasteiger partial charge < -0.3 is 9.80 Å². The number of fused-ring (bicyclic) bond motifs is 21. The average Bonchev–Trinajstić information content (AvgIpc) is 4.29. The largest absolute Gasteiger partial charge is 0.310 e. The number of rotatable bonds is 4. The molecule has 13 aromatic rings. The van der Waals surface area contributed by atoms with Crippen molar-refractivity contribution in [3.63, 3.8) is 0 Å². The van der Waals surface area contributed by atoms with Crippen LogP contribution in [0.5, 0.6) is 0 Å². The number of hydrogen-bond acceptors (Lipinski definition) is 3. The highest BCUT2D eigenvalue weighted by Gasteiger charge is 2.53. The van der Waals surface area contributed by atoms with Crippen LogP contribution >= 0.6 is 11.3 Å². The standard InChI is InChI=1S/C74H46N2S/c1-3-19-51(20-4-1)75-67-31-15-11-27-61(67)73(62-28-12-16-32-68(62)75)59-25-9-7-23-53(59)55-39-35-49(45-65(55)73)47-37-41-71-57(43-47)58-44-48(38-42-72(58)77-71)50-36-40-56-54-24-8-10-26-60(54)74(66(56)46-50)63-29-13-17-33-69(63)76(52-21-5-2-6-22-52)70-34-18-14-30-64(70)74/h1-46H. The molecule has 0 fully saturated rings. The molecule has 4 aliphatic rings. The Hall–Kier alpha value is -9.54. The summed E-state index contributed by atoms with van der Waals surface area (Å²) in [6, 6.07) is 105. The van der Waals surface area contributed by atoms with Crippen molar-refractivity contribution in [3.8, 4) is 44.5 Å². The topological polar surface area (TPSA) is 6.48 Å². The Morgan fingerprint density at radius 2 is 0.532 bits per heavy atom. The highest BCUT2D eigenvalue weighted by atomic mass is 32.1. The van der Waals surface area contributed by atoms with Crippen LogP contribution in [-0.2, 0) is 10.8 Å². The van der Waals surface area contributed by atoms with E-state index in [1.807, 2.05) is 11.3 Å². The lowest BCUT2D eigenvalue weighted by atomic mass is 9.64. The molecule has 0 atom stereocenters. The van der Waals surface area contributed by atoms with Gasteiger partial charge in [-0.25, -0.2) is 0 Å². The maximum Gasteiger partial charge on any atom is 0.0754 e. The van der Waals surface area contributed by atoms with E-state index in [1.165, 1.54) is 132 Å². The number of anilines is 6. The SMILES string of the molecule is c1ccc(N2c3ccccc3C3(c4ccccc4-c4ccc(-c5ccc6sc7ccc(-c8ccc9c(c8)C8(c%10ccccc%10-9)c9ccccc9N(c9ccccc9)c9ccccc98)cc7c6c5)cc43)c3ccccc32)cc1. The van der Waals surface area contributed by atoms with Crippen molar-refractivity contribution in [3.05, 3.63) is 324 Å². The monoisotopic (exact) mass is 994 g/mol. The van der Waals surface area contributed by atoms with Crippen LogP contribution in [0.25, 0.3) is 64.7 Å². The molecule has 2 spiro atoms. The summed E-state index contributed by atoms with van der Waals surface area (Å²) in [5.74, 6) is 0. The van der Waals surface area contributed by atoms with Gasteiger partial charge >= 0.3 is 0 Å². The molecule has 3 heteroatoms. The Morgan fingerprint density at radius 1 is 0.234 bits per heavy atom. The van der Waals surface area contributed by atoms with Gasteiger partial charge in [0.1, 0.15) is 0 Å². The second kappa shape index (κ2) is 16.0. The molecule has 12 aromatic carbocycles. The Bertz CT molecular complexity index is 4220. The first-order chi connectivity index (χ1) is 38.2. The van der Waals surface area contributed by atoms with E-state index in [0.29, 0.717) is 0 Å². The molecule has 0 N–H and O–H groups in total. The molecule has 1 aromatic heterocycles. The number of nitrogens with zero attached hydrogens (tertiary/aromatic N) is 2. The van der Waals surface area contributed by atoms with Gasteiger partial charge in [-0.2, -0.15) is 0 Å². The first-order valence-corrected chi connectivity index (χ1v) is 27.6. The molecule has 0 unspecified atom stereocenters. The molecule has 0 saturated carbocycles. The highest BCUT2D eigenvalue weighted by Crippen LogP contribution is 2.66. The van der Waals surface area contributed by atoms with E-state index in [4.69, 9.17) is 0 Å². The maximum absolute atomic E-state index is 2.52. The van der Waals surface area contributed by atoms with Gasteiger partial charge in [0.2, 0.25) is 0 Å². The van der Waals surface area contributed by atoms with Gasteiger partial charge in [0.05, 0.1) is 33.6 Å². The van der Waals surface area contributed by atoms with Crippen molar-refractivity contribution in [2.24, 2.45) is 0 Å². The predicted octanol–water partition coefficient (Wildman–Crippen LogP) is 19.7. The van der Waals surface area contributed by atoms with Crippen LogP contribution in [0.15, 0.2) is 279 Å². The second-order valence-corrected chi connectivity index (χ2v) is 22.1. The Morgan fingerprint density at radius 3 is 0.922 bits per heavy atom. The van der Waals surface area contributed by atoms with E-state index in [0.717, 1.165) is 11.4 Å². The molecule has 0 amide bonds. The van der Waals surface area contributed by atoms with Crippen molar-refractivity contribution in [1.82, 2.24) is 0 Å². The van der Waals surface area contributed by atoms with E-state index in [2.05, 4.69) is 289 Å². The molecular weight excluding hydrogens is 949 g/mol. The third-order valence-corrected chi connectivity index (χ3v) is 18.6. The van der Waals surface area contributed by atoms with Crippen LogP contribution in [0.1, 0.15) is 44.5 Å². The van der Waals surface area contributed by atoms with Gasteiger partial charge in [-0.1, -0.05) is 194 Å². The average molecular weight is 995 g/mol. The lowest BCUT2D eigenvalue weighted by molar-refractivity contribution is 0.753. The fourth-order valence-corrected chi connectivity index (χ4v) is 15.5. The molecular formula is C74H46N2S. The van der Waals surface area contributed by atoms with Gasteiger partial charge in [0, 0.05) is 31.5 Å². The van der Waals surface area contributed by atoms with Gasteiger partial charge in [0.15, 0.2) is 0 Å². The number of hydrogen-bond donors (Lipinski definition) is 0. The zero-order valence-electron chi connectivity index (χ0n) is 41.9. The fraction of sp³-hybridized carbons (Fsp3) is 0.0270. The highest BCUT2D eigenvalue weighted by molar-refractivity contribution is 7.25. The Labute approximate surface area is 451 Å². The first-order valence-electron chi connectivity index (χ1n) is 26.7. The molecule has 2 aliphatic carbocycles. The van der Waals surface area contributed by atoms with E-state index < -0.39 is 10.8 Å². The van der Waals surface area contributed by atoms with Gasteiger partial charge in [-0.05, 0) is 174 Å². The molecule has 2 aliphatic heterocycles. The van der Waals surface area contributed by atoms with Crippen molar-refractivity contribution in [1.29, 1.82) is 0 Å². The van der Waals surface area contributed by atoms with Crippen LogP contribution < -0.4 is 9.80 Å². The maximum atomic E-state index is 2.52. The minimum absolute atomic E-state index is 0.520. The summed E-state index contributed by atoms with van der Waals surface area (Å²) in [5, 5.41) is 2.58. The molecule has 17 rings (SSSR count). The van der Waals surface area contributed by atoms with Gasteiger partial charge in [-0.15, -0.1) is 11.3 Å². The van der Waals surface area contributed by atoms with E-state index in [1.54, 1.807) is 0 Å². The molecule has 2 nitrogen and oxygen atoms in total. The minimum Gasteiger partial charge on any atom is -0.310 e. The van der Waals surface area contributed by atoms with Crippen LogP contribution in [0.4, 0.5) is 34.1 Å². The lowest BCUT2D eigenvalue weighted by Gasteiger charge is -2.45. The first kappa shape index (κ1) is 42.8. The molecule has 77 heavy (non-hydrogen) atoms. The van der Waals surface area contributed by atoms with Crippen LogP contribution in [0.3, 0.4) is 0 Å². The molecule has 0 bridgehead atoms. The second-order valence-electron chi connectivity index (χ2n) is 21.0. The number of benzene rings is 12. The van der Waals surface area contributed by atoms with Crippen molar-refractivity contribution < 1.29 is 0 Å². The number of para-hydroxylation sites is 6. The summed E-state index contributed by atoms with van der Waals surface area (Å²) < 4.78 is 2.59. The molecule has 358 valence electrons. The van der Waals surface area contributed by atoms with Crippen LogP contribution in [0.2, 0.25) is 0 Å². The summed E-state index contributed by atoms with van der Waals surface area (Å²) in [6.07, 6.45) is 0. The van der Waals surface area contributed by atoms with E-state index >= 15 is 0 Å². The molecule has 3 heterocycles. The minimum atomic E-state index is -0.520. The predicted molar refractivity (Wildman–Crippen MR) is 321 cm³/mol. The van der Waals surface area contributed by atoms with Gasteiger partial charge in [0.25, 0.3) is 0 Å². The third kappa shape index (κ3) is 5.68. The van der Waals surface area contributed by atoms with Crippen molar-refractivity contribution in [2.45, 2.75) is 10.8 Å². The summed E-state index contributed by atoms with van der Waals surface area (Å²) in [6.45, 7) is 0. The van der Waals surface area contributed by atoms with Gasteiger partial charge in [-0.3, -0.25) is 0 Å².